The molecule has 2 aromatic carbocycles. The minimum Gasteiger partial charge on any atom is -0.480 e. The molecule has 1 aromatic heterocycles. The number of benzene rings is 2. The van der Waals surface area contributed by atoms with Gasteiger partial charge in [-0.2, -0.15) is 0 Å². The van der Waals surface area contributed by atoms with Gasteiger partial charge in [0.05, 0.1) is 4.88 Å². The normalized spacial score (nSPS) is 19.8. The highest BCUT2D eigenvalue weighted by molar-refractivity contribution is 7.99. The summed E-state index contributed by atoms with van der Waals surface area (Å²) >= 11 is 3.21. The monoisotopic (exact) mass is 368 g/mol. The zero-order valence-corrected chi connectivity index (χ0v) is 14.9. The molecule has 1 aliphatic heterocycles. The predicted molar refractivity (Wildman–Crippen MR) is 103 cm³/mol. The van der Waals surface area contributed by atoms with Crippen LogP contribution in [0.4, 0.5) is 0 Å². The fraction of sp³-hybridized carbons (Fsp3) is 0.158. The van der Waals surface area contributed by atoms with E-state index in [2.05, 4.69) is 46.7 Å². The van der Waals surface area contributed by atoms with Crippen LogP contribution in [0.1, 0.15) is 10.4 Å². The molecular weight excluding hydrogens is 352 g/mol. The van der Waals surface area contributed by atoms with Gasteiger partial charge in [0.25, 0.3) is 0 Å². The molecule has 0 saturated carbocycles. The number of thioether (sulfide) groups is 1. The first kappa shape index (κ1) is 16.3. The zero-order valence-electron chi connectivity index (χ0n) is 13.3. The van der Waals surface area contributed by atoms with Crippen LogP contribution in [-0.2, 0) is 4.79 Å². The average Bonchev–Trinajstić information content (AvgIpc) is 3.32. The Hall–Kier alpha value is -2.15. The van der Waals surface area contributed by atoms with Crippen molar-refractivity contribution in [2.75, 3.05) is 5.75 Å². The third-order valence-electron chi connectivity index (χ3n) is 4.10. The lowest BCUT2D eigenvalue weighted by Gasteiger charge is -2.07. The molecule has 2 atom stereocenters. The van der Waals surface area contributed by atoms with Gasteiger partial charge in [0, 0.05) is 11.9 Å². The summed E-state index contributed by atoms with van der Waals surface area (Å²) in [5.41, 5.74) is 3.51. The second kappa shape index (κ2) is 7.00. The van der Waals surface area contributed by atoms with E-state index in [-0.39, 0.29) is 5.37 Å². The molecule has 1 aliphatic rings. The molecule has 126 valence electrons. The fourth-order valence-electron chi connectivity index (χ4n) is 2.76. The van der Waals surface area contributed by atoms with Crippen LogP contribution >= 0.6 is 23.1 Å². The third kappa shape index (κ3) is 3.46. The standard InChI is InChI=1S/C19H16N2O2S2/c22-19(23)15-11-24-18(21-15)17-20-10-16(25-17)14-8-6-13(7-9-14)12-4-2-1-3-5-12/h1-10,15,18,21H,11H2,(H,22,23). The summed E-state index contributed by atoms with van der Waals surface area (Å²) < 4.78 is 0. The number of hydrogen-bond acceptors (Lipinski definition) is 5. The largest absolute Gasteiger partial charge is 0.480 e. The van der Waals surface area contributed by atoms with Crippen molar-refractivity contribution in [3.8, 4) is 21.6 Å². The molecule has 4 nitrogen and oxygen atoms in total. The minimum atomic E-state index is -0.803. The van der Waals surface area contributed by atoms with E-state index < -0.39 is 12.0 Å². The van der Waals surface area contributed by atoms with Crippen molar-refractivity contribution < 1.29 is 9.90 Å². The van der Waals surface area contributed by atoms with Crippen LogP contribution in [0.5, 0.6) is 0 Å². The van der Waals surface area contributed by atoms with E-state index in [4.69, 9.17) is 5.11 Å². The van der Waals surface area contributed by atoms with Crippen LogP contribution in [-0.4, -0.2) is 27.9 Å². The van der Waals surface area contributed by atoms with Crippen LogP contribution in [0, 0.1) is 0 Å². The Morgan fingerprint density at radius 2 is 1.72 bits per heavy atom. The average molecular weight is 368 g/mol. The maximum atomic E-state index is 11.1. The van der Waals surface area contributed by atoms with Gasteiger partial charge >= 0.3 is 5.97 Å². The summed E-state index contributed by atoms with van der Waals surface area (Å²) in [6.45, 7) is 0. The van der Waals surface area contributed by atoms with Gasteiger partial charge < -0.3 is 5.11 Å². The molecule has 0 aliphatic carbocycles. The van der Waals surface area contributed by atoms with E-state index in [0.29, 0.717) is 5.75 Å². The number of carboxylic acid groups (broad SMARTS) is 1. The SMILES string of the molecule is O=C(O)C1CSC(c2ncc(-c3ccc(-c4ccccc4)cc3)s2)N1. The van der Waals surface area contributed by atoms with Crippen LogP contribution in [0.2, 0.25) is 0 Å². The second-order valence-electron chi connectivity index (χ2n) is 5.78. The van der Waals surface area contributed by atoms with E-state index in [1.807, 2.05) is 24.4 Å². The molecule has 4 rings (SSSR count). The molecular formula is C19H16N2O2S2. The van der Waals surface area contributed by atoms with Crippen molar-refractivity contribution in [3.05, 3.63) is 65.8 Å². The van der Waals surface area contributed by atoms with Crippen molar-refractivity contribution in [3.63, 3.8) is 0 Å². The Morgan fingerprint density at radius 1 is 1.04 bits per heavy atom. The van der Waals surface area contributed by atoms with E-state index >= 15 is 0 Å². The van der Waals surface area contributed by atoms with Gasteiger partial charge in [0.2, 0.25) is 0 Å². The van der Waals surface area contributed by atoms with Gasteiger partial charge in [0.15, 0.2) is 0 Å². The molecule has 0 spiro atoms. The Labute approximate surface area is 153 Å². The first-order valence-corrected chi connectivity index (χ1v) is 9.79. The highest BCUT2D eigenvalue weighted by Crippen LogP contribution is 2.38. The number of carboxylic acids is 1. The van der Waals surface area contributed by atoms with E-state index in [9.17, 15) is 4.79 Å². The molecule has 0 amide bonds. The molecule has 25 heavy (non-hydrogen) atoms. The van der Waals surface area contributed by atoms with Gasteiger partial charge in [-0.3, -0.25) is 10.1 Å². The number of rotatable bonds is 4. The fourth-order valence-corrected chi connectivity index (χ4v) is 5.06. The van der Waals surface area contributed by atoms with Gasteiger partial charge in [-0.25, -0.2) is 4.98 Å². The van der Waals surface area contributed by atoms with Crippen molar-refractivity contribution in [2.45, 2.75) is 11.4 Å². The number of aliphatic carboxylic acids is 1. The van der Waals surface area contributed by atoms with Crippen LogP contribution in [0.3, 0.4) is 0 Å². The third-order valence-corrected chi connectivity index (χ3v) is 6.58. The van der Waals surface area contributed by atoms with Gasteiger partial charge in [-0.1, -0.05) is 54.6 Å². The molecule has 3 aromatic rings. The second-order valence-corrected chi connectivity index (χ2v) is 7.98. The Bertz CT molecular complexity index is 878. The number of thiazole rings is 1. The molecule has 0 bridgehead atoms. The molecule has 1 fully saturated rings. The summed E-state index contributed by atoms with van der Waals surface area (Å²) in [5, 5.41) is 13.1. The summed E-state index contributed by atoms with van der Waals surface area (Å²) in [7, 11) is 0. The summed E-state index contributed by atoms with van der Waals surface area (Å²) in [6, 6.07) is 18.2. The first-order valence-electron chi connectivity index (χ1n) is 7.93. The molecule has 2 heterocycles. The van der Waals surface area contributed by atoms with Crippen LogP contribution < -0.4 is 5.32 Å². The topological polar surface area (TPSA) is 62.2 Å². The molecule has 2 unspecified atom stereocenters. The van der Waals surface area contributed by atoms with Crippen molar-refractivity contribution >= 4 is 29.1 Å². The van der Waals surface area contributed by atoms with E-state index in [0.717, 1.165) is 15.4 Å². The maximum Gasteiger partial charge on any atom is 0.321 e. The summed E-state index contributed by atoms with van der Waals surface area (Å²) in [6.07, 6.45) is 1.87. The Kier molecular flexibility index (Phi) is 4.57. The molecule has 6 heteroatoms. The quantitative estimate of drug-likeness (QED) is 0.720. The molecule has 2 N–H and O–H groups in total. The molecule has 0 radical (unpaired) electrons. The number of hydrogen-bond donors (Lipinski definition) is 2. The predicted octanol–water partition coefficient (Wildman–Crippen LogP) is 4.27. The Balaban J connectivity index is 1.52. The van der Waals surface area contributed by atoms with Gasteiger partial charge in [-0.15, -0.1) is 23.1 Å². The van der Waals surface area contributed by atoms with Crippen LogP contribution in [0.25, 0.3) is 21.6 Å². The number of nitrogens with one attached hydrogen (secondary N) is 1. The van der Waals surface area contributed by atoms with Crippen LogP contribution in [0.15, 0.2) is 60.8 Å². The van der Waals surface area contributed by atoms with Gasteiger partial charge in [-0.05, 0) is 16.7 Å². The van der Waals surface area contributed by atoms with Crippen molar-refractivity contribution in [1.29, 1.82) is 0 Å². The number of nitrogens with zero attached hydrogens (tertiary/aromatic N) is 1. The highest BCUT2D eigenvalue weighted by atomic mass is 32.2. The lowest BCUT2D eigenvalue weighted by molar-refractivity contribution is -0.138. The summed E-state index contributed by atoms with van der Waals surface area (Å²) in [4.78, 5) is 16.6. The lowest BCUT2D eigenvalue weighted by atomic mass is 10.0. The molecule has 1 saturated heterocycles. The summed E-state index contributed by atoms with van der Waals surface area (Å²) in [5.74, 6) is -0.232. The lowest BCUT2D eigenvalue weighted by Crippen LogP contribution is -2.33. The van der Waals surface area contributed by atoms with Gasteiger partial charge in [0.1, 0.15) is 16.4 Å². The first-order chi connectivity index (χ1) is 12.2. The smallest absolute Gasteiger partial charge is 0.321 e. The van der Waals surface area contributed by atoms with Crippen molar-refractivity contribution in [1.82, 2.24) is 10.3 Å². The number of aromatic nitrogens is 1. The van der Waals surface area contributed by atoms with E-state index in [1.165, 1.54) is 11.1 Å². The minimum absolute atomic E-state index is 0.0385. The van der Waals surface area contributed by atoms with E-state index in [1.54, 1.807) is 23.1 Å². The van der Waals surface area contributed by atoms with Crippen molar-refractivity contribution in [2.24, 2.45) is 0 Å². The maximum absolute atomic E-state index is 11.1. The number of carbonyl (C=O) groups is 1. The highest BCUT2D eigenvalue weighted by Gasteiger charge is 2.31. The zero-order chi connectivity index (χ0) is 17.2. The Morgan fingerprint density at radius 3 is 2.40 bits per heavy atom.